The highest BCUT2D eigenvalue weighted by Crippen LogP contribution is 2.28. The lowest BCUT2D eigenvalue weighted by Gasteiger charge is -2.18. The van der Waals surface area contributed by atoms with Gasteiger partial charge < -0.3 is 23.8 Å². The van der Waals surface area contributed by atoms with Gasteiger partial charge in [-0.1, -0.05) is 30.3 Å². The molecule has 0 aromatic heterocycles. The first-order chi connectivity index (χ1) is 16.4. The minimum Gasteiger partial charge on any atom is -0.493 e. The highest BCUT2D eigenvalue weighted by molar-refractivity contribution is 5.94. The van der Waals surface area contributed by atoms with Crippen LogP contribution in [0.3, 0.4) is 0 Å². The van der Waals surface area contributed by atoms with Crippen molar-refractivity contribution in [3.63, 3.8) is 0 Å². The molecule has 3 aromatic carbocycles. The summed E-state index contributed by atoms with van der Waals surface area (Å²) in [6.07, 6.45) is 0. The largest absolute Gasteiger partial charge is 0.493 e. The van der Waals surface area contributed by atoms with Crippen LogP contribution in [-0.4, -0.2) is 44.7 Å². The SMILES string of the molecule is COc1ccc(CN(C)C(=O)COC(=O)c2ccccc2OCc2ccc(F)cc2)cc1OC. The van der Waals surface area contributed by atoms with Gasteiger partial charge in [0.25, 0.3) is 5.91 Å². The maximum absolute atomic E-state index is 13.1. The van der Waals surface area contributed by atoms with Gasteiger partial charge in [0.15, 0.2) is 18.1 Å². The van der Waals surface area contributed by atoms with E-state index in [-0.39, 0.29) is 23.9 Å². The number of amides is 1. The van der Waals surface area contributed by atoms with Gasteiger partial charge in [0.2, 0.25) is 0 Å². The Morgan fingerprint density at radius 3 is 2.24 bits per heavy atom. The molecule has 3 aromatic rings. The number of benzene rings is 3. The number of esters is 1. The van der Waals surface area contributed by atoms with Gasteiger partial charge in [-0.15, -0.1) is 0 Å². The van der Waals surface area contributed by atoms with Crippen LogP contribution in [0, 0.1) is 5.82 Å². The van der Waals surface area contributed by atoms with E-state index in [1.54, 1.807) is 62.7 Å². The monoisotopic (exact) mass is 467 g/mol. The molecule has 8 heteroatoms. The quantitative estimate of drug-likeness (QED) is 0.416. The van der Waals surface area contributed by atoms with Crippen molar-refractivity contribution in [2.24, 2.45) is 0 Å². The summed E-state index contributed by atoms with van der Waals surface area (Å²) < 4.78 is 34.5. The zero-order chi connectivity index (χ0) is 24.5. The Morgan fingerprint density at radius 2 is 1.53 bits per heavy atom. The fourth-order valence-corrected chi connectivity index (χ4v) is 3.16. The number of rotatable bonds is 10. The van der Waals surface area contributed by atoms with E-state index in [1.165, 1.54) is 24.1 Å². The summed E-state index contributed by atoms with van der Waals surface area (Å²) >= 11 is 0. The summed E-state index contributed by atoms with van der Waals surface area (Å²) in [5.74, 6) is 0.0749. The number of methoxy groups -OCH3 is 2. The van der Waals surface area contributed by atoms with Gasteiger partial charge >= 0.3 is 5.97 Å². The molecule has 0 aliphatic carbocycles. The third-order valence-corrected chi connectivity index (χ3v) is 5.03. The third-order valence-electron chi connectivity index (χ3n) is 5.03. The Bertz CT molecular complexity index is 1130. The van der Waals surface area contributed by atoms with Crippen LogP contribution in [0.4, 0.5) is 4.39 Å². The third kappa shape index (κ3) is 6.48. The number of carbonyl (C=O) groups is 2. The second-order valence-corrected chi connectivity index (χ2v) is 7.43. The highest BCUT2D eigenvalue weighted by atomic mass is 19.1. The van der Waals surface area contributed by atoms with Gasteiger partial charge in [0.05, 0.1) is 14.2 Å². The number of carbonyl (C=O) groups excluding carboxylic acids is 2. The molecule has 0 saturated carbocycles. The van der Waals surface area contributed by atoms with E-state index < -0.39 is 12.6 Å². The van der Waals surface area contributed by atoms with Gasteiger partial charge in [-0.25, -0.2) is 9.18 Å². The zero-order valence-corrected chi connectivity index (χ0v) is 19.2. The molecule has 0 heterocycles. The molecule has 0 N–H and O–H groups in total. The van der Waals surface area contributed by atoms with Gasteiger partial charge in [0.1, 0.15) is 23.7 Å². The van der Waals surface area contributed by atoms with Crippen LogP contribution in [0.15, 0.2) is 66.7 Å². The number of likely N-dealkylation sites (N-methyl/N-ethyl adjacent to an activating group) is 1. The smallest absolute Gasteiger partial charge is 0.342 e. The van der Waals surface area contributed by atoms with Crippen LogP contribution in [0.1, 0.15) is 21.5 Å². The lowest BCUT2D eigenvalue weighted by molar-refractivity contribution is -0.133. The van der Waals surface area contributed by atoms with Crippen molar-refractivity contribution in [3.05, 3.63) is 89.2 Å². The average molecular weight is 467 g/mol. The molecular formula is C26H26FNO6. The number of halogens is 1. The summed E-state index contributed by atoms with van der Waals surface area (Å²) in [7, 11) is 4.71. The predicted molar refractivity (Wildman–Crippen MR) is 123 cm³/mol. The molecule has 1 amide bonds. The molecule has 0 fully saturated rings. The summed E-state index contributed by atoms with van der Waals surface area (Å²) in [6, 6.07) is 17.8. The highest BCUT2D eigenvalue weighted by Gasteiger charge is 2.18. The van der Waals surface area contributed by atoms with Crippen molar-refractivity contribution in [1.29, 1.82) is 0 Å². The summed E-state index contributed by atoms with van der Waals surface area (Å²) in [6.45, 7) is 0.0284. The molecule has 0 bridgehead atoms. The molecule has 0 aliphatic rings. The molecule has 178 valence electrons. The molecule has 34 heavy (non-hydrogen) atoms. The molecule has 3 rings (SSSR count). The maximum atomic E-state index is 13.1. The van der Waals surface area contributed by atoms with Crippen LogP contribution in [-0.2, 0) is 22.7 Å². The van der Waals surface area contributed by atoms with Crippen molar-refractivity contribution in [3.8, 4) is 17.2 Å². The minimum absolute atomic E-state index is 0.150. The Kier molecular flexibility index (Phi) is 8.45. The van der Waals surface area contributed by atoms with E-state index in [1.807, 2.05) is 6.07 Å². The van der Waals surface area contributed by atoms with Crippen LogP contribution in [0.5, 0.6) is 17.2 Å². The average Bonchev–Trinajstić information content (AvgIpc) is 2.86. The van der Waals surface area contributed by atoms with Crippen LogP contribution in [0.25, 0.3) is 0 Å². The topological polar surface area (TPSA) is 74.3 Å². The first kappa shape index (κ1) is 24.6. The van der Waals surface area contributed by atoms with Crippen LogP contribution < -0.4 is 14.2 Å². The van der Waals surface area contributed by atoms with Gasteiger partial charge in [-0.2, -0.15) is 0 Å². The van der Waals surface area contributed by atoms with E-state index in [0.29, 0.717) is 23.8 Å². The number of para-hydroxylation sites is 1. The van der Waals surface area contributed by atoms with E-state index in [0.717, 1.165) is 11.1 Å². The summed E-state index contributed by atoms with van der Waals surface area (Å²) in [4.78, 5) is 26.6. The van der Waals surface area contributed by atoms with Crippen LogP contribution in [0.2, 0.25) is 0 Å². The van der Waals surface area contributed by atoms with Gasteiger partial charge in [-0.05, 0) is 47.5 Å². The molecular weight excluding hydrogens is 441 g/mol. The molecule has 0 radical (unpaired) electrons. The normalized spacial score (nSPS) is 10.4. The maximum Gasteiger partial charge on any atom is 0.342 e. The molecule has 0 unspecified atom stereocenters. The molecule has 0 saturated heterocycles. The minimum atomic E-state index is -0.678. The molecule has 0 spiro atoms. The number of hydrogen-bond donors (Lipinski definition) is 0. The summed E-state index contributed by atoms with van der Waals surface area (Å²) in [5, 5.41) is 0. The van der Waals surface area contributed by atoms with Gasteiger partial charge in [0, 0.05) is 13.6 Å². The molecule has 0 atom stereocenters. The van der Waals surface area contributed by atoms with Crippen molar-refractivity contribution >= 4 is 11.9 Å². The lowest BCUT2D eigenvalue weighted by atomic mass is 10.2. The molecule has 7 nitrogen and oxygen atoms in total. The number of hydrogen-bond acceptors (Lipinski definition) is 6. The zero-order valence-electron chi connectivity index (χ0n) is 19.2. The van der Waals surface area contributed by atoms with Crippen molar-refractivity contribution in [2.45, 2.75) is 13.2 Å². The van der Waals surface area contributed by atoms with E-state index >= 15 is 0 Å². The van der Waals surface area contributed by atoms with E-state index in [9.17, 15) is 14.0 Å². The van der Waals surface area contributed by atoms with E-state index in [4.69, 9.17) is 18.9 Å². The standard InChI is InChI=1S/C26H26FNO6/c1-28(15-19-10-13-23(31-2)24(14-19)32-3)25(29)17-34-26(30)21-6-4-5-7-22(21)33-16-18-8-11-20(27)12-9-18/h4-14H,15-17H2,1-3H3. The molecule has 0 aliphatic heterocycles. The van der Waals surface area contributed by atoms with Crippen LogP contribution >= 0.6 is 0 Å². The number of nitrogens with zero attached hydrogens (tertiary/aromatic N) is 1. The first-order valence-corrected chi connectivity index (χ1v) is 10.5. The predicted octanol–water partition coefficient (Wildman–Crippen LogP) is 4.24. The number of ether oxygens (including phenoxy) is 4. The van der Waals surface area contributed by atoms with Crippen molar-refractivity contribution < 1.29 is 32.9 Å². The lowest BCUT2D eigenvalue weighted by Crippen LogP contribution is -2.30. The Balaban J connectivity index is 1.56. The Morgan fingerprint density at radius 1 is 0.853 bits per heavy atom. The second kappa shape index (κ2) is 11.7. The Hall–Kier alpha value is -4.07. The fourth-order valence-electron chi connectivity index (χ4n) is 3.16. The first-order valence-electron chi connectivity index (χ1n) is 10.5. The fraction of sp³-hybridized carbons (Fsp3) is 0.231. The van der Waals surface area contributed by atoms with Crippen molar-refractivity contribution in [1.82, 2.24) is 4.90 Å². The van der Waals surface area contributed by atoms with E-state index in [2.05, 4.69) is 0 Å². The Labute approximate surface area is 197 Å². The second-order valence-electron chi connectivity index (χ2n) is 7.43. The summed E-state index contributed by atoms with van der Waals surface area (Å²) in [5.41, 5.74) is 1.77. The van der Waals surface area contributed by atoms with Gasteiger partial charge in [-0.3, -0.25) is 4.79 Å². The van der Waals surface area contributed by atoms with Crippen molar-refractivity contribution in [2.75, 3.05) is 27.9 Å².